The Hall–Kier alpha value is -2.62. The van der Waals surface area contributed by atoms with E-state index in [0.29, 0.717) is 6.42 Å². The summed E-state index contributed by atoms with van der Waals surface area (Å²) < 4.78 is 12.2. The largest absolute Gasteiger partial charge is 0.474 e. The van der Waals surface area contributed by atoms with Crippen molar-refractivity contribution in [1.29, 1.82) is 0 Å². The van der Waals surface area contributed by atoms with Crippen LogP contribution in [0.1, 0.15) is 40.8 Å². The normalized spacial score (nSPS) is 30.6. The van der Waals surface area contributed by atoms with Gasteiger partial charge in [-0.3, -0.25) is 0 Å². The molecule has 0 unspecified atom stereocenters. The topological polar surface area (TPSA) is 43.2 Å². The minimum atomic E-state index is 0.147. The lowest BCUT2D eigenvalue weighted by Gasteiger charge is -2.10. The summed E-state index contributed by atoms with van der Waals surface area (Å²) >= 11 is 0. The van der Waals surface area contributed by atoms with E-state index in [2.05, 4.69) is 48.5 Å². The summed E-state index contributed by atoms with van der Waals surface area (Å²) in [6.07, 6.45) is 2.76. The Kier molecular flexibility index (Phi) is 2.70. The maximum absolute atomic E-state index is 6.11. The Morgan fingerprint density at radius 1 is 0.720 bits per heavy atom. The van der Waals surface area contributed by atoms with E-state index in [9.17, 15) is 0 Å². The molecule has 4 heteroatoms. The highest BCUT2D eigenvalue weighted by Gasteiger charge is 2.42. The number of hydrogen-bond acceptors (Lipinski definition) is 4. The van der Waals surface area contributed by atoms with Gasteiger partial charge < -0.3 is 9.47 Å². The van der Waals surface area contributed by atoms with Gasteiger partial charge in [-0.25, -0.2) is 9.98 Å². The van der Waals surface area contributed by atoms with Crippen LogP contribution in [0.15, 0.2) is 58.5 Å². The molecule has 0 N–H and O–H groups in total. The van der Waals surface area contributed by atoms with Crippen molar-refractivity contribution >= 4 is 11.8 Å². The maximum atomic E-state index is 6.11. The average Bonchev–Trinajstić information content (AvgIpc) is 3.33. The summed E-state index contributed by atoms with van der Waals surface area (Å²) in [6.45, 7) is 0. The Bertz CT molecular complexity index is 857. The summed E-state index contributed by atoms with van der Waals surface area (Å²) in [7, 11) is 0. The molecule has 4 nitrogen and oxygen atoms in total. The summed E-state index contributed by atoms with van der Waals surface area (Å²) in [5.74, 6) is 1.55. The van der Waals surface area contributed by atoms with Crippen molar-refractivity contribution in [3.8, 4) is 0 Å². The van der Waals surface area contributed by atoms with Crippen LogP contribution in [-0.2, 0) is 22.3 Å². The second kappa shape index (κ2) is 4.94. The first kappa shape index (κ1) is 13.6. The molecule has 2 aliphatic heterocycles. The Balaban J connectivity index is 1.23. The van der Waals surface area contributed by atoms with Crippen LogP contribution in [-0.4, -0.2) is 24.0 Å². The molecule has 4 aliphatic rings. The van der Waals surface area contributed by atoms with Crippen molar-refractivity contribution in [3.05, 3.63) is 70.8 Å². The second-order valence-electron chi connectivity index (χ2n) is 7.23. The molecule has 6 rings (SSSR count). The van der Waals surface area contributed by atoms with Crippen molar-refractivity contribution < 1.29 is 9.47 Å². The fraction of sp³-hybridized carbons (Fsp3) is 0.333. The predicted octanol–water partition coefficient (Wildman–Crippen LogP) is 3.57. The van der Waals surface area contributed by atoms with Gasteiger partial charge >= 0.3 is 0 Å². The Morgan fingerprint density at radius 2 is 1.20 bits per heavy atom. The van der Waals surface area contributed by atoms with Crippen LogP contribution in [0, 0.1) is 0 Å². The van der Waals surface area contributed by atoms with Crippen molar-refractivity contribution in [3.63, 3.8) is 0 Å². The van der Waals surface area contributed by atoms with Crippen LogP contribution in [0.25, 0.3) is 0 Å². The zero-order chi connectivity index (χ0) is 16.4. The van der Waals surface area contributed by atoms with Crippen LogP contribution in [0.2, 0.25) is 0 Å². The molecule has 0 saturated carbocycles. The molecule has 0 saturated heterocycles. The van der Waals surface area contributed by atoms with Crippen LogP contribution < -0.4 is 0 Å². The lowest BCUT2D eigenvalue weighted by Crippen LogP contribution is -2.17. The molecule has 0 amide bonds. The highest BCUT2D eigenvalue weighted by atomic mass is 16.5. The number of benzene rings is 2. The number of rotatable bonds is 2. The van der Waals surface area contributed by atoms with E-state index in [4.69, 9.17) is 19.5 Å². The fourth-order valence-electron chi connectivity index (χ4n) is 4.62. The lowest BCUT2D eigenvalue weighted by molar-refractivity contribution is 0.192. The molecular formula is C21H18N2O2. The zero-order valence-electron chi connectivity index (χ0n) is 13.8. The van der Waals surface area contributed by atoms with Gasteiger partial charge in [0, 0.05) is 12.8 Å². The van der Waals surface area contributed by atoms with Crippen LogP contribution in [0.4, 0.5) is 0 Å². The van der Waals surface area contributed by atoms with Gasteiger partial charge in [0.1, 0.15) is 24.3 Å². The molecule has 124 valence electrons. The van der Waals surface area contributed by atoms with Gasteiger partial charge in [-0.2, -0.15) is 0 Å². The van der Waals surface area contributed by atoms with E-state index in [1.165, 1.54) is 22.3 Å². The van der Waals surface area contributed by atoms with E-state index in [1.807, 2.05) is 0 Å². The third kappa shape index (κ3) is 2.00. The number of nitrogens with zero attached hydrogens (tertiary/aromatic N) is 2. The highest BCUT2D eigenvalue weighted by molar-refractivity contribution is 5.98. The van der Waals surface area contributed by atoms with Crippen molar-refractivity contribution in [2.45, 2.75) is 43.6 Å². The molecule has 0 radical (unpaired) electrons. The van der Waals surface area contributed by atoms with Gasteiger partial charge in [-0.1, -0.05) is 48.5 Å². The lowest BCUT2D eigenvalue weighted by atomic mass is 10.1. The first-order valence-corrected chi connectivity index (χ1v) is 8.97. The molecule has 0 bridgehead atoms. The molecule has 0 spiro atoms. The van der Waals surface area contributed by atoms with Crippen molar-refractivity contribution in [2.24, 2.45) is 9.98 Å². The first-order valence-electron chi connectivity index (χ1n) is 8.97. The van der Waals surface area contributed by atoms with Crippen LogP contribution in [0.3, 0.4) is 0 Å². The molecule has 25 heavy (non-hydrogen) atoms. The molecule has 2 heterocycles. The fourth-order valence-corrected chi connectivity index (χ4v) is 4.62. The standard InChI is InChI=1S/C21H18N2O2/c1-3-7-14-12(5-1)9-16-20(14)22-18(24-16)11-19-23-21-15-8-4-2-6-13(15)10-17(21)25-19/h1-8,16-17,20-21H,9-11H2/t16-,17-,20+,21+/m0/s1. The molecule has 0 fully saturated rings. The molecule has 4 atom stereocenters. The average molecular weight is 330 g/mol. The molecular weight excluding hydrogens is 312 g/mol. The van der Waals surface area contributed by atoms with Crippen LogP contribution >= 0.6 is 0 Å². The highest BCUT2D eigenvalue weighted by Crippen LogP contribution is 2.42. The van der Waals surface area contributed by atoms with E-state index in [1.54, 1.807) is 0 Å². The smallest absolute Gasteiger partial charge is 0.193 e. The van der Waals surface area contributed by atoms with Gasteiger partial charge in [0.05, 0.1) is 6.42 Å². The minimum absolute atomic E-state index is 0.147. The second-order valence-corrected chi connectivity index (χ2v) is 7.23. The number of hydrogen-bond donors (Lipinski definition) is 0. The summed E-state index contributed by atoms with van der Waals surface area (Å²) in [4.78, 5) is 9.65. The Morgan fingerprint density at radius 3 is 1.72 bits per heavy atom. The number of aliphatic imine (C=N–C) groups is 2. The number of fused-ring (bicyclic) bond motifs is 6. The van der Waals surface area contributed by atoms with Crippen LogP contribution in [0.5, 0.6) is 0 Å². The maximum Gasteiger partial charge on any atom is 0.193 e. The van der Waals surface area contributed by atoms with E-state index < -0.39 is 0 Å². The monoisotopic (exact) mass is 330 g/mol. The number of ether oxygens (including phenoxy) is 2. The predicted molar refractivity (Wildman–Crippen MR) is 95.0 cm³/mol. The SMILES string of the molecule is c1ccc2c(c1)C[C@@H]1OC(CC3=N[C@@H]4c5ccccc5C[C@@H]4O3)=N[C@H]21. The van der Waals surface area contributed by atoms with Crippen molar-refractivity contribution in [2.75, 3.05) is 0 Å². The van der Waals surface area contributed by atoms with E-state index in [0.717, 1.165) is 24.6 Å². The molecule has 2 aromatic rings. The minimum Gasteiger partial charge on any atom is -0.474 e. The first-order chi connectivity index (χ1) is 12.3. The molecule has 0 aromatic heterocycles. The summed E-state index contributed by atoms with van der Waals surface area (Å²) in [5, 5.41) is 0. The zero-order valence-corrected chi connectivity index (χ0v) is 13.8. The third-order valence-electron chi connectivity index (χ3n) is 5.74. The summed E-state index contributed by atoms with van der Waals surface area (Å²) in [6, 6.07) is 17.3. The molecule has 2 aliphatic carbocycles. The summed E-state index contributed by atoms with van der Waals surface area (Å²) in [5.41, 5.74) is 5.34. The van der Waals surface area contributed by atoms with Gasteiger partial charge in [0.25, 0.3) is 0 Å². The molecule has 2 aromatic carbocycles. The van der Waals surface area contributed by atoms with E-state index >= 15 is 0 Å². The van der Waals surface area contributed by atoms with Gasteiger partial charge in [-0.15, -0.1) is 0 Å². The van der Waals surface area contributed by atoms with E-state index in [-0.39, 0.29) is 24.3 Å². The van der Waals surface area contributed by atoms with Gasteiger partial charge in [-0.05, 0) is 22.3 Å². The third-order valence-corrected chi connectivity index (χ3v) is 5.74. The quantitative estimate of drug-likeness (QED) is 0.845. The van der Waals surface area contributed by atoms with Gasteiger partial charge in [0.2, 0.25) is 0 Å². The van der Waals surface area contributed by atoms with Crippen molar-refractivity contribution in [1.82, 2.24) is 0 Å². The van der Waals surface area contributed by atoms with Gasteiger partial charge in [0.15, 0.2) is 11.8 Å². The Labute approximate surface area is 146 Å².